The van der Waals surface area contributed by atoms with Gasteiger partial charge in [0.25, 0.3) is 0 Å². The van der Waals surface area contributed by atoms with E-state index in [1.165, 1.54) is 54.7 Å². The molecule has 0 N–H and O–H groups in total. The van der Waals surface area contributed by atoms with E-state index in [-0.39, 0.29) is 0 Å². The number of nitrogens with zero attached hydrogens (tertiary/aromatic N) is 1. The zero-order chi connectivity index (χ0) is 41.0. The Balaban J connectivity index is 1.00. The first kappa shape index (κ1) is 35.7. The SMILES string of the molecule is c1cc(-c2cccc3ccccc23)cc(N(c2ccc(-c3ccc(-c4cccc5ccccc45)cc3)cc2)c2ccccc2-c2cccc3oc4c5ccccc5ccc4c23)c1. The van der Waals surface area contributed by atoms with E-state index in [4.69, 9.17) is 4.42 Å². The molecule has 2 heteroatoms. The van der Waals surface area contributed by atoms with Gasteiger partial charge < -0.3 is 9.32 Å². The van der Waals surface area contributed by atoms with Gasteiger partial charge in [0.1, 0.15) is 11.2 Å². The minimum absolute atomic E-state index is 0.879. The van der Waals surface area contributed by atoms with Crippen molar-refractivity contribution in [2.45, 2.75) is 0 Å². The molecule has 12 rings (SSSR count). The molecule has 0 aliphatic carbocycles. The zero-order valence-electron chi connectivity index (χ0n) is 33.9. The monoisotopic (exact) mass is 789 g/mol. The van der Waals surface area contributed by atoms with E-state index in [0.29, 0.717) is 0 Å². The molecule has 2 nitrogen and oxygen atoms in total. The van der Waals surface area contributed by atoms with Gasteiger partial charge in [0, 0.05) is 33.1 Å². The maximum atomic E-state index is 6.69. The van der Waals surface area contributed by atoms with Gasteiger partial charge in [0.15, 0.2) is 0 Å². The second-order valence-corrected chi connectivity index (χ2v) is 16.0. The molecule has 0 aliphatic heterocycles. The largest absolute Gasteiger partial charge is 0.455 e. The molecule has 0 radical (unpaired) electrons. The summed E-state index contributed by atoms with van der Waals surface area (Å²) in [5, 5.41) is 9.51. The molecule has 0 spiro atoms. The van der Waals surface area contributed by atoms with Gasteiger partial charge in [-0.15, -0.1) is 0 Å². The highest BCUT2D eigenvalue weighted by Crippen LogP contribution is 2.46. The molecule has 0 saturated carbocycles. The number of anilines is 3. The average Bonchev–Trinajstić information content (AvgIpc) is 3.74. The van der Waals surface area contributed by atoms with E-state index in [1.807, 2.05) is 0 Å². The maximum absolute atomic E-state index is 6.69. The Kier molecular flexibility index (Phi) is 8.53. The van der Waals surface area contributed by atoms with Crippen LogP contribution in [0.15, 0.2) is 241 Å². The highest BCUT2D eigenvalue weighted by Gasteiger charge is 2.22. The first-order chi connectivity index (χ1) is 30.7. The normalized spacial score (nSPS) is 11.5. The minimum Gasteiger partial charge on any atom is -0.455 e. The molecule has 0 atom stereocenters. The highest BCUT2D eigenvalue weighted by molar-refractivity contribution is 6.20. The molecule has 0 fully saturated rings. The molecule has 0 saturated heterocycles. The fourth-order valence-electron chi connectivity index (χ4n) is 9.51. The summed E-state index contributed by atoms with van der Waals surface area (Å²) in [6.45, 7) is 0. The molecule has 12 aromatic rings. The van der Waals surface area contributed by atoms with Gasteiger partial charge in [0.05, 0.1) is 5.69 Å². The summed E-state index contributed by atoms with van der Waals surface area (Å²) in [4.78, 5) is 2.41. The number of furan rings is 1. The van der Waals surface area contributed by atoms with Gasteiger partial charge in [0.2, 0.25) is 0 Å². The topological polar surface area (TPSA) is 16.4 Å². The quantitative estimate of drug-likeness (QED) is 0.160. The predicted molar refractivity (Wildman–Crippen MR) is 263 cm³/mol. The molecule has 1 aromatic heterocycles. The van der Waals surface area contributed by atoms with Crippen LogP contribution in [0.1, 0.15) is 0 Å². The van der Waals surface area contributed by atoms with Crippen LogP contribution in [0, 0.1) is 0 Å². The van der Waals surface area contributed by atoms with Gasteiger partial charge >= 0.3 is 0 Å². The smallest absolute Gasteiger partial charge is 0.143 e. The maximum Gasteiger partial charge on any atom is 0.143 e. The van der Waals surface area contributed by atoms with Gasteiger partial charge in [-0.1, -0.05) is 194 Å². The van der Waals surface area contributed by atoms with Crippen molar-refractivity contribution >= 4 is 71.3 Å². The Hall–Kier alpha value is -8.20. The molecular weight excluding hydrogens is 751 g/mol. The number of rotatable bonds is 7. The summed E-state index contributed by atoms with van der Waals surface area (Å²) in [5.41, 5.74) is 14.5. The van der Waals surface area contributed by atoms with E-state index < -0.39 is 0 Å². The van der Waals surface area contributed by atoms with Crippen LogP contribution >= 0.6 is 0 Å². The Morgan fingerprint density at radius 3 is 1.53 bits per heavy atom. The Morgan fingerprint density at radius 1 is 0.290 bits per heavy atom. The van der Waals surface area contributed by atoms with Crippen molar-refractivity contribution in [2.75, 3.05) is 4.90 Å². The first-order valence-corrected chi connectivity index (χ1v) is 21.2. The van der Waals surface area contributed by atoms with Crippen molar-refractivity contribution in [2.24, 2.45) is 0 Å². The van der Waals surface area contributed by atoms with Crippen LogP contribution in [0.3, 0.4) is 0 Å². The lowest BCUT2D eigenvalue weighted by Crippen LogP contribution is -2.11. The molecule has 62 heavy (non-hydrogen) atoms. The molecule has 11 aromatic carbocycles. The average molecular weight is 790 g/mol. The molecule has 0 unspecified atom stereocenters. The molecular formula is C60H39NO. The summed E-state index contributed by atoms with van der Waals surface area (Å²) in [5.74, 6) is 0. The Labute approximate surface area is 360 Å². The van der Waals surface area contributed by atoms with E-state index in [1.54, 1.807) is 0 Å². The van der Waals surface area contributed by atoms with Gasteiger partial charge in [-0.3, -0.25) is 0 Å². The lowest BCUT2D eigenvalue weighted by molar-refractivity contribution is 0.673. The van der Waals surface area contributed by atoms with Crippen LogP contribution in [0.25, 0.3) is 98.8 Å². The summed E-state index contributed by atoms with van der Waals surface area (Å²) >= 11 is 0. The van der Waals surface area contributed by atoms with Crippen LogP contribution in [0.4, 0.5) is 17.1 Å². The number of para-hydroxylation sites is 1. The summed E-state index contributed by atoms with van der Waals surface area (Å²) in [7, 11) is 0. The number of hydrogen-bond acceptors (Lipinski definition) is 2. The van der Waals surface area contributed by atoms with Crippen LogP contribution in [-0.4, -0.2) is 0 Å². The Bertz CT molecular complexity index is 3620. The lowest BCUT2D eigenvalue weighted by atomic mass is 9.95. The van der Waals surface area contributed by atoms with Crippen LogP contribution in [-0.2, 0) is 0 Å². The fraction of sp³-hybridized carbons (Fsp3) is 0. The van der Waals surface area contributed by atoms with Crippen molar-refractivity contribution in [1.29, 1.82) is 0 Å². The molecule has 1 heterocycles. The highest BCUT2D eigenvalue weighted by atomic mass is 16.3. The third-order valence-corrected chi connectivity index (χ3v) is 12.5. The van der Waals surface area contributed by atoms with E-state index >= 15 is 0 Å². The summed E-state index contributed by atoms with van der Waals surface area (Å²) < 4.78 is 6.69. The van der Waals surface area contributed by atoms with Gasteiger partial charge in [-0.2, -0.15) is 0 Å². The lowest BCUT2D eigenvalue weighted by Gasteiger charge is -2.28. The van der Waals surface area contributed by atoms with Crippen molar-refractivity contribution in [1.82, 2.24) is 0 Å². The Morgan fingerprint density at radius 2 is 0.806 bits per heavy atom. The standard InChI is InChI=1S/C60H39NO/c1-4-20-49-42(13-1)16-10-24-51(49)45-31-29-40(30-32-45)41-33-36-47(37-34-41)61(48-19-9-18-46(39-48)52-25-11-17-43-14-2-5-21-50(43)52)57-27-8-7-23-54(57)55-26-12-28-58-59(55)56-38-35-44-15-3-6-22-53(44)60(56)62-58/h1-39H. The van der Waals surface area contributed by atoms with Crippen molar-refractivity contribution in [3.8, 4) is 44.5 Å². The van der Waals surface area contributed by atoms with E-state index in [9.17, 15) is 0 Å². The van der Waals surface area contributed by atoms with Crippen LogP contribution in [0.5, 0.6) is 0 Å². The molecule has 290 valence electrons. The summed E-state index contributed by atoms with van der Waals surface area (Å²) in [6.07, 6.45) is 0. The third kappa shape index (κ3) is 6.04. The van der Waals surface area contributed by atoms with Crippen LogP contribution < -0.4 is 4.90 Å². The number of benzene rings is 11. The van der Waals surface area contributed by atoms with Gasteiger partial charge in [-0.05, 0) is 108 Å². The van der Waals surface area contributed by atoms with Crippen molar-refractivity contribution < 1.29 is 4.42 Å². The van der Waals surface area contributed by atoms with Crippen molar-refractivity contribution in [3.63, 3.8) is 0 Å². The number of hydrogen-bond donors (Lipinski definition) is 0. The predicted octanol–water partition coefficient (Wildman–Crippen LogP) is 17.2. The van der Waals surface area contributed by atoms with E-state index in [2.05, 4.69) is 241 Å². The molecule has 0 bridgehead atoms. The van der Waals surface area contributed by atoms with Crippen molar-refractivity contribution in [3.05, 3.63) is 237 Å². The number of fused-ring (bicyclic) bond motifs is 7. The zero-order valence-corrected chi connectivity index (χ0v) is 33.9. The summed E-state index contributed by atoms with van der Waals surface area (Å²) in [6, 6.07) is 85.4. The van der Waals surface area contributed by atoms with Gasteiger partial charge in [-0.25, -0.2) is 0 Å². The third-order valence-electron chi connectivity index (χ3n) is 12.5. The van der Waals surface area contributed by atoms with Crippen LogP contribution in [0.2, 0.25) is 0 Å². The second-order valence-electron chi connectivity index (χ2n) is 16.0. The second kappa shape index (κ2) is 14.8. The first-order valence-electron chi connectivity index (χ1n) is 21.2. The minimum atomic E-state index is 0.879. The fourth-order valence-corrected chi connectivity index (χ4v) is 9.51. The molecule has 0 amide bonds. The molecule has 0 aliphatic rings. The van der Waals surface area contributed by atoms with E-state index in [0.717, 1.165) is 61.1 Å².